The molecule has 0 aliphatic rings. The minimum absolute atomic E-state index is 0.375. The first kappa shape index (κ1) is 16.3. The van der Waals surface area contributed by atoms with Gasteiger partial charge in [-0.05, 0) is 66.1 Å². The molecular weight excluding hydrogens is 292 g/mol. The summed E-state index contributed by atoms with van der Waals surface area (Å²) in [6.07, 6.45) is 5.01. The maximum absolute atomic E-state index is 4.48. The molecule has 0 radical (unpaired) electrons. The number of hydrogen-bond acceptors (Lipinski definition) is 1. The number of para-hydroxylation sites is 1. The van der Waals surface area contributed by atoms with Gasteiger partial charge in [-0.25, -0.2) is 4.68 Å². The lowest BCUT2D eigenvalue weighted by Crippen LogP contribution is -2.02. The molecule has 3 aromatic rings. The predicted octanol–water partition coefficient (Wildman–Crippen LogP) is 5.38. The van der Waals surface area contributed by atoms with Crippen LogP contribution in [0.5, 0.6) is 0 Å². The van der Waals surface area contributed by atoms with E-state index in [4.69, 9.17) is 0 Å². The van der Waals surface area contributed by atoms with E-state index in [1.54, 1.807) is 0 Å². The molecule has 0 saturated carbocycles. The quantitative estimate of drug-likeness (QED) is 0.618. The highest BCUT2D eigenvalue weighted by Gasteiger charge is 2.12. The van der Waals surface area contributed by atoms with Gasteiger partial charge in [-0.3, -0.25) is 0 Å². The van der Waals surface area contributed by atoms with E-state index in [-0.39, 0.29) is 0 Å². The summed E-state index contributed by atoms with van der Waals surface area (Å²) in [5.41, 5.74) is 7.38. The van der Waals surface area contributed by atoms with Crippen LogP contribution in [0.4, 0.5) is 0 Å². The van der Waals surface area contributed by atoms with Crippen molar-refractivity contribution in [3.8, 4) is 5.69 Å². The van der Waals surface area contributed by atoms with Crippen molar-refractivity contribution < 1.29 is 0 Å². The molecule has 1 heterocycles. The number of allylic oxidation sites excluding steroid dienone is 1. The highest BCUT2D eigenvalue weighted by atomic mass is 15.3. The lowest BCUT2D eigenvalue weighted by Gasteiger charge is -2.15. The Morgan fingerprint density at radius 2 is 1.83 bits per heavy atom. The third-order valence-electron chi connectivity index (χ3n) is 4.67. The lowest BCUT2D eigenvalue weighted by molar-refractivity contribution is 0.745. The highest BCUT2D eigenvalue weighted by Crippen LogP contribution is 2.26. The second-order valence-electron chi connectivity index (χ2n) is 6.56. The summed E-state index contributed by atoms with van der Waals surface area (Å²) in [6.45, 7) is 10.9. The van der Waals surface area contributed by atoms with Crippen LogP contribution in [0.2, 0.25) is 0 Å². The van der Waals surface area contributed by atoms with Gasteiger partial charge in [0.25, 0.3) is 0 Å². The molecule has 0 amide bonds. The number of aryl methyl sites for hydroxylation is 2. The molecule has 2 heteroatoms. The molecule has 0 aliphatic carbocycles. The van der Waals surface area contributed by atoms with Crippen molar-refractivity contribution in [3.63, 3.8) is 0 Å². The fourth-order valence-corrected chi connectivity index (χ4v) is 2.89. The molecule has 3 rings (SSSR count). The normalized spacial score (nSPS) is 12.1. The fraction of sp³-hybridized carbons (Fsp3) is 0.227. The average molecular weight is 316 g/mol. The second-order valence-corrected chi connectivity index (χ2v) is 6.56. The Labute approximate surface area is 144 Å². The zero-order valence-electron chi connectivity index (χ0n) is 14.7. The van der Waals surface area contributed by atoms with Crippen molar-refractivity contribution in [1.82, 2.24) is 9.78 Å². The second kappa shape index (κ2) is 6.88. The Kier molecular flexibility index (Phi) is 4.66. The molecule has 0 N–H and O–H groups in total. The SMILES string of the molecule is C=C(c1ccc(C)c(C)c1)C(C)Cc1cnn(-c2ccccc2)c1. The van der Waals surface area contributed by atoms with Crippen molar-refractivity contribution in [1.29, 1.82) is 0 Å². The van der Waals surface area contributed by atoms with E-state index < -0.39 is 0 Å². The van der Waals surface area contributed by atoms with Gasteiger partial charge < -0.3 is 0 Å². The molecule has 122 valence electrons. The van der Waals surface area contributed by atoms with Crippen molar-refractivity contribution in [2.75, 3.05) is 0 Å². The van der Waals surface area contributed by atoms with Crippen LogP contribution in [-0.4, -0.2) is 9.78 Å². The van der Waals surface area contributed by atoms with E-state index in [1.165, 1.54) is 27.8 Å². The minimum atomic E-state index is 0.375. The average Bonchev–Trinajstić information content (AvgIpc) is 3.06. The molecule has 0 fully saturated rings. The Morgan fingerprint density at radius 1 is 1.08 bits per heavy atom. The van der Waals surface area contributed by atoms with Crippen LogP contribution in [0.25, 0.3) is 11.3 Å². The largest absolute Gasteiger partial charge is 0.241 e. The first-order chi connectivity index (χ1) is 11.5. The minimum Gasteiger partial charge on any atom is -0.241 e. The molecule has 24 heavy (non-hydrogen) atoms. The molecule has 1 unspecified atom stereocenters. The van der Waals surface area contributed by atoms with Gasteiger partial charge >= 0.3 is 0 Å². The third kappa shape index (κ3) is 3.48. The first-order valence-electron chi connectivity index (χ1n) is 8.40. The van der Waals surface area contributed by atoms with Crippen LogP contribution in [0.15, 0.2) is 67.5 Å². The molecule has 0 aliphatic heterocycles. The van der Waals surface area contributed by atoms with Crippen molar-refractivity contribution in [2.24, 2.45) is 5.92 Å². The Balaban J connectivity index is 1.72. The van der Waals surface area contributed by atoms with Gasteiger partial charge in [0.15, 0.2) is 0 Å². The number of benzene rings is 2. The monoisotopic (exact) mass is 316 g/mol. The van der Waals surface area contributed by atoms with Gasteiger partial charge in [0, 0.05) is 6.20 Å². The molecule has 1 aromatic heterocycles. The Morgan fingerprint density at radius 3 is 2.54 bits per heavy atom. The van der Waals surface area contributed by atoms with Gasteiger partial charge in [0.2, 0.25) is 0 Å². The van der Waals surface area contributed by atoms with E-state index in [1.807, 2.05) is 29.1 Å². The molecule has 2 aromatic carbocycles. The first-order valence-corrected chi connectivity index (χ1v) is 8.40. The Hall–Kier alpha value is -2.61. The van der Waals surface area contributed by atoms with Crippen LogP contribution < -0.4 is 0 Å². The topological polar surface area (TPSA) is 17.8 Å². The van der Waals surface area contributed by atoms with Gasteiger partial charge in [-0.2, -0.15) is 5.10 Å². The maximum atomic E-state index is 4.48. The van der Waals surface area contributed by atoms with Crippen molar-refractivity contribution >= 4 is 5.57 Å². The standard InChI is InChI=1S/C22H24N2/c1-16-10-11-21(13-17(16)2)19(4)18(3)12-20-14-23-24(15-20)22-8-6-5-7-9-22/h5-11,13-15,18H,4,12H2,1-3H3. The molecular formula is C22H24N2. The predicted molar refractivity (Wildman–Crippen MR) is 101 cm³/mol. The van der Waals surface area contributed by atoms with Crippen molar-refractivity contribution in [3.05, 3.63) is 89.8 Å². The summed E-state index contributed by atoms with van der Waals surface area (Å²) >= 11 is 0. The lowest BCUT2D eigenvalue weighted by atomic mass is 9.89. The summed E-state index contributed by atoms with van der Waals surface area (Å²) in [4.78, 5) is 0. The fourth-order valence-electron chi connectivity index (χ4n) is 2.89. The van der Waals surface area contributed by atoms with E-state index in [2.05, 4.69) is 69.0 Å². The van der Waals surface area contributed by atoms with Crippen LogP contribution in [0, 0.1) is 19.8 Å². The zero-order chi connectivity index (χ0) is 17.1. The maximum Gasteiger partial charge on any atom is 0.0645 e. The van der Waals surface area contributed by atoms with Crippen LogP contribution in [0.1, 0.15) is 29.2 Å². The smallest absolute Gasteiger partial charge is 0.0645 e. The molecule has 0 bridgehead atoms. The summed E-state index contributed by atoms with van der Waals surface area (Å²) in [5.74, 6) is 0.375. The van der Waals surface area contributed by atoms with Crippen LogP contribution in [-0.2, 0) is 6.42 Å². The Bertz CT molecular complexity index is 843. The van der Waals surface area contributed by atoms with E-state index in [9.17, 15) is 0 Å². The third-order valence-corrected chi connectivity index (χ3v) is 4.67. The van der Waals surface area contributed by atoms with Crippen LogP contribution in [0.3, 0.4) is 0 Å². The van der Waals surface area contributed by atoms with Gasteiger partial charge in [-0.15, -0.1) is 0 Å². The highest BCUT2D eigenvalue weighted by molar-refractivity contribution is 5.66. The number of nitrogens with zero attached hydrogens (tertiary/aromatic N) is 2. The molecule has 2 nitrogen and oxygen atoms in total. The van der Waals surface area contributed by atoms with Crippen LogP contribution >= 0.6 is 0 Å². The molecule has 0 spiro atoms. The van der Waals surface area contributed by atoms with Gasteiger partial charge in [0.05, 0.1) is 11.9 Å². The van der Waals surface area contributed by atoms with Gasteiger partial charge in [-0.1, -0.05) is 49.9 Å². The molecule has 1 atom stereocenters. The molecule has 0 saturated heterocycles. The zero-order valence-corrected chi connectivity index (χ0v) is 14.7. The summed E-state index contributed by atoms with van der Waals surface area (Å²) in [5, 5.41) is 4.48. The summed E-state index contributed by atoms with van der Waals surface area (Å²) < 4.78 is 1.93. The summed E-state index contributed by atoms with van der Waals surface area (Å²) in [7, 11) is 0. The summed E-state index contributed by atoms with van der Waals surface area (Å²) in [6, 6.07) is 16.8. The van der Waals surface area contributed by atoms with Crippen molar-refractivity contribution in [2.45, 2.75) is 27.2 Å². The van der Waals surface area contributed by atoms with E-state index in [0.717, 1.165) is 12.1 Å². The number of aromatic nitrogens is 2. The number of hydrogen-bond donors (Lipinski definition) is 0. The number of rotatable bonds is 5. The van der Waals surface area contributed by atoms with Gasteiger partial charge in [0.1, 0.15) is 0 Å². The van der Waals surface area contributed by atoms with E-state index >= 15 is 0 Å². The van der Waals surface area contributed by atoms with E-state index in [0.29, 0.717) is 5.92 Å².